The van der Waals surface area contributed by atoms with Crippen LogP contribution in [-0.2, 0) is 10.0 Å². The van der Waals surface area contributed by atoms with Crippen molar-refractivity contribution in [3.8, 4) is 0 Å². The van der Waals surface area contributed by atoms with Crippen molar-refractivity contribution in [2.24, 2.45) is 0 Å². The zero-order valence-electron chi connectivity index (χ0n) is 16.4. The van der Waals surface area contributed by atoms with E-state index in [0.29, 0.717) is 10.8 Å². The molecule has 0 saturated heterocycles. The molecule has 11 heteroatoms. The summed E-state index contributed by atoms with van der Waals surface area (Å²) in [5.74, 6) is 0.341. The number of aryl methyl sites for hydroxylation is 2. The van der Waals surface area contributed by atoms with Crippen LogP contribution in [-0.4, -0.2) is 30.3 Å². The predicted octanol–water partition coefficient (Wildman–Crippen LogP) is 4.97. The average Bonchev–Trinajstić information content (AvgIpc) is 3.11. The van der Waals surface area contributed by atoms with Gasteiger partial charge < -0.3 is 0 Å². The van der Waals surface area contributed by atoms with E-state index in [1.807, 2.05) is 32.9 Å². The number of nitrogens with one attached hydrogen (secondary N) is 2. The molecular weight excluding hydrogens is 464 g/mol. The number of carbonyl (C=O) groups excluding carboxylic acids is 1. The Morgan fingerprint density at radius 2 is 1.93 bits per heavy atom. The van der Waals surface area contributed by atoms with Gasteiger partial charge in [-0.05, 0) is 49.4 Å². The molecule has 0 aliphatic rings. The minimum absolute atomic E-state index is 0.0152. The number of hydrogen-bond donors (Lipinski definition) is 2. The standard InChI is InChI=1S/C19H19ClN4O3S3/c1-4-28-19-23-22-18(29-19)21-17(25)13-6-7-14(20)16(10-13)30(26,27)24-15-8-5-11(2)9-12(15)3/h5-10,24H,4H2,1-3H3,(H,21,22,25). The highest BCUT2D eigenvalue weighted by molar-refractivity contribution is 8.01. The zero-order valence-corrected chi connectivity index (χ0v) is 19.6. The fraction of sp³-hybridized carbons (Fsp3) is 0.211. The molecule has 0 fully saturated rings. The van der Waals surface area contributed by atoms with Crippen LogP contribution in [0.1, 0.15) is 28.4 Å². The number of halogens is 1. The zero-order chi connectivity index (χ0) is 21.9. The van der Waals surface area contributed by atoms with Crippen LogP contribution in [0.4, 0.5) is 10.8 Å². The Morgan fingerprint density at radius 3 is 2.63 bits per heavy atom. The third kappa shape index (κ3) is 5.31. The molecule has 7 nitrogen and oxygen atoms in total. The number of hydrogen-bond acceptors (Lipinski definition) is 7. The molecule has 2 N–H and O–H groups in total. The first-order valence-corrected chi connectivity index (χ1v) is 12.5. The van der Waals surface area contributed by atoms with Crippen molar-refractivity contribution in [2.45, 2.75) is 30.0 Å². The lowest BCUT2D eigenvalue weighted by molar-refractivity contribution is 0.102. The second kappa shape index (κ2) is 9.34. The van der Waals surface area contributed by atoms with Crippen molar-refractivity contribution in [2.75, 3.05) is 15.8 Å². The molecule has 30 heavy (non-hydrogen) atoms. The van der Waals surface area contributed by atoms with Crippen molar-refractivity contribution in [3.63, 3.8) is 0 Å². The number of nitrogens with zero attached hydrogens (tertiary/aromatic N) is 2. The molecule has 0 saturated carbocycles. The summed E-state index contributed by atoms with van der Waals surface area (Å²) in [5.41, 5.74) is 2.38. The van der Waals surface area contributed by atoms with Gasteiger partial charge in [-0.25, -0.2) is 8.42 Å². The highest BCUT2D eigenvalue weighted by atomic mass is 35.5. The van der Waals surface area contributed by atoms with E-state index in [4.69, 9.17) is 11.6 Å². The monoisotopic (exact) mass is 482 g/mol. The molecule has 0 radical (unpaired) electrons. The Bertz CT molecular complexity index is 1200. The van der Waals surface area contributed by atoms with Crippen molar-refractivity contribution in [1.82, 2.24) is 10.2 Å². The molecule has 0 spiro atoms. The molecule has 1 amide bonds. The summed E-state index contributed by atoms with van der Waals surface area (Å²) in [7, 11) is -4.00. The topological polar surface area (TPSA) is 101 Å². The van der Waals surface area contributed by atoms with Gasteiger partial charge in [0.2, 0.25) is 5.13 Å². The quantitative estimate of drug-likeness (QED) is 0.364. The minimum atomic E-state index is -4.00. The summed E-state index contributed by atoms with van der Waals surface area (Å²) in [6.07, 6.45) is 0. The molecule has 0 aliphatic heterocycles. The molecular formula is C19H19ClN4O3S3. The Hall–Kier alpha value is -2.14. The summed E-state index contributed by atoms with van der Waals surface area (Å²) in [5, 5.41) is 10.9. The summed E-state index contributed by atoms with van der Waals surface area (Å²) >= 11 is 8.91. The second-order valence-corrected chi connectivity index (χ2v) is 10.9. The van der Waals surface area contributed by atoms with Crippen molar-refractivity contribution in [3.05, 3.63) is 58.1 Å². The number of aromatic nitrogens is 2. The van der Waals surface area contributed by atoms with Crippen LogP contribution in [0.15, 0.2) is 45.6 Å². The van der Waals surface area contributed by atoms with Gasteiger partial charge >= 0.3 is 0 Å². The largest absolute Gasteiger partial charge is 0.296 e. The number of amides is 1. The lowest BCUT2D eigenvalue weighted by atomic mass is 10.1. The molecule has 1 aromatic heterocycles. The first-order chi connectivity index (χ1) is 14.2. The van der Waals surface area contributed by atoms with Gasteiger partial charge in [-0.15, -0.1) is 10.2 Å². The molecule has 0 bridgehead atoms. The van der Waals surface area contributed by atoms with E-state index < -0.39 is 15.9 Å². The smallest absolute Gasteiger partial charge is 0.263 e. The van der Waals surface area contributed by atoms with Gasteiger partial charge in [0.15, 0.2) is 4.34 Å². The highest BCUT2D eigenvalue weighted by Crippen LogP contribution is 2.28. The minimum Gasteiger partial charge on any atom is -0.296 e. The van der Waals surface area contributed by atoms with E-state index >= 15 is 0 Å². The van der Waals surface area contributed by atoms with Crippen LogP contribution in [0, 0.1) is 13.8 Å². The Kier molecular flexibility index (Phi) is 7.02. The molecule has 3 rings (SSSR count). The van der Waals surface area contributed by atoms with Crippen LogP contribution < -0.4 is 10.0 Å². The maximum Gasteiger partial charge on any atom is 0.263 e. The number of thioether (sulfide) groups is 1. The van der Waals surface area contributed by atoms with Crippen LogP contribution in [0.25, 0.3) is 0 Å². The molecule has 3 aromatic rings. The predicted molar refractivity (Wildman–Crippen MR) is 122 cm³/mol. The van der Waals surface area contributed by atoms with Gasteiger partial charge in [-0.1, -0.05) is 59.3 Å². The van der Waals surface area contributed by atoms with E-state index in [1.54, 1.807) is 6.07 Å². The van der Waals surface area contributed by atoms with E-state index in [9.17, 15) is 13.2 Å². The van der Waals surface area contributed by atoms with Gasteiger partial charge in [0, 0.05) is 5.56 Å². The van der Waals surface area contributed by atoms with Gasteiger partial charge in [0.05, 0.1) is 10.7 Å². The first kappa shape index (κ1) is 22.5. The highest BCUT2D eigenvalue weighted by Gasteiger charge is 2.21. The van der Waals surface area contributed by atoms with Crippen LogP contribution >= 0.6 is 34.7 Å². The maximum atomic E-state index is 12.9. The fourth-order valence-electron chi connectivity index (χ4n) is 2.59. The number of sulfonamides is 1. The summed E-state index contributed by atoms with van der Waals surface area (Å²) < 4.78 is 29.1. The van der Waals surface area contributed by atoms with Gasteiger partial charge in [0.1, 0.15) is 4.90 Å². The van der Waals surface area contributed by atoms with Crippen LogP contribution in [0.2, 0.25) is 5.02 Å². The Labute approximate surface area is 188 Å². The maximum absolute atomic E-state index is 12.9. The number of benzene rings is 2. The van der Waals surface area contributed by atoms with Crippen LogP contribution in [0.3, 0.4) is 0 Å². The molecule has 0 aliphatic carbocycles. The van der Waals surface area contributed by atoms with Crippen LogP contribution in [0.5, 0.6) is 0 Å². The van der Waals surface area contributed by atoms with Gasteiger partial charge in [0.25, 0.3) is 15.9 Å². The summed E-state index contributed by atoms with van der Waals surface area (Å²) in [6.45, 7) is 5.72. The average molecular weight is 483 g/mol. The lowest BCUT2D eigenvalue weighted by Gasteiger charge is -2.13. The van der Waals surface area contributed by atoms with Crippen molar-refractivity contribution in [1.29, 1.82) is 0 Å². The third-order valence-electron chi connectivity index (χ3n) is 4.00. The molecule has 1 heterocycles. The number of rotatable bonds is 7. The molecule has 0 unspecified atom stereocenters. The van der Waals surface area contributed by atoms with E-state index in [0.717, 1.165) is 21.2 Å². The Balaban J connectivity index is 1.85. The van der Waals surface area contributed by atoms with Crippen molar-refractivity contribution < 1.29 is 13.2 Å². The van der Waals surface area contributed by atoms with Gasteiger partial charge in [-0.2, -0.15) is 0 Å². The fourth-order valence-corrected chi connectivity index (χ4v) is 5.89. The SMILES string of the molecule is CCSc1nnc(NC(=O)c2ccc(Cl)c(S(=O)(=O)Nc3ccc(C)cc3C)c2)s1. The Morgan fingerprint density at radius 1 is 1.17 bits per heavy atom. The van der Waals surface area contributed by atoms with E-state index in [2.05, 4.69) is 20.2 Å². The van der Waals surface area contributed by atoms with Gasteiger partial charge in [-0.3, -0.25) is 14.8 Å². The van der Waals surface area contributed by atoms with Crippen molar-refractivity contribution >= 4 is 61.4 Å². The third-order valence-corrected chi connectivity index (χ3v) is 7.71. The number of anilines is 2. The molecule has 0 atom stereocenters. The van der Waals surface area contributed by atoms with E-state index in [-0.39, 0.29) is 15.5 Å². The molecule has 2 aromatic carbocycles. The molecule has 158 valence electrons. The lowest BCUT2D eigenvalue weighted by Crippen LogP contribution is -2.17. The normalized spacial score (nSPS) is 11.3. The first-order valence-electron chi connectivity index (χ1n) is 8.87. The second-order valence-electron chi connectivity index (χ2n) is 6.33. The summed E-state index contributed by atoms with van der Waals surface area (Å²) in [4.78, 5) is 12.4. The van der Waals surface area contributed by atoms with E-state index in [1.165, 1.54) is 41.3 Å². The number of carbonyl (C=O) groups is 1. The summed E-state index contributed by atoms with van der Waals surface area (Å²) in [6, 6.07) is 9.45.